The lowest BCUT2D eigenvalue weighted by atomic mass is 9.98. The summed E-state index contributed by atoms with van der Waals surface area (Å²) in [5.41, 5.74) is 3.56. The molecule has 1 N–H and O–H groups in total. The van der Waals surface area contributed by atoms with E-state index in [4.69, 9.17) is 11.6 Å². The van der Waals surface area contributed by atoms with Crippen molar-refractivity contribution in [1.29, 1.82) is 0 Å². The van der Waals surface area contributed by atoms with Crippen molar-refractivity contribution < 1.29 is 9.18 Å². The molecule has 0 saturated carbocycles. The Morgan fingerprint density at radius 3 is 2.80 bits per heavy atom. The van der Waals surface area contributed by atoms with Crippen molar-refractivity contribution >= 4 is 34.0 Å². The number of carbonyl (C=O) groups is 1. The molecule has 25 heavy (non-hydrogen) atoms. The van der Waals surface area contributed by atoms with E-state index in [-0.39, 0.29) is 11.7 Å². The van der Waals surface area contributed by atoms with Crippen molar-refractivity contribution in [3.05, 3.63) is 76.7 Å². The number of rotatable bonds is 2. The molecule has 0 bridgehead atoms. The Morgan fingerprint density at radius 2 is 2.04 bits per heavy atom. The molecule has 3 nitrogen and oxygen atoms in total. The van der Waals surface area contributed by atoms with Gasteiger partial charge in [0, 0.05) is 35.8 Å². The van der Waals surface area contributed by atoms with Crippen molar-refractivity contribution in [3.8, 4) is 0 Å². The van der Waals surface area contributed by atoms with Gasteiger partial charge in [-0.3, -0.25) is 4.79 Å². The number of benzene rings is 2. The first-order chi connectivity index (χ1) is 12.1. The van der Waals surface area contributed by atoms with Gasteiger partial charge in [0.15, 0.2) is 0 Å². The molecule has 2 aromatic carbocycles. The maximum atomic E-state index is 13.6. The van der Waals surface area contributed by atoms with Crippen molar-refractivity contribution in [3.63, 3.8) is 0 Å². The molecule has 1 amide bonds. The van der Waals surface area contributed by atoms with Crippen molar-refractivity contribution in [2.75, 3.05) is 13.1 Å². The van der Waals surface area contributed by atoms with Crippen LogP contribution in [-0.4, -0.2) is 28.9 Å². The lowest BCUT2D eigenvalue weighted by Crippen LogP contribution is -2.34. The second kappa shape index (κ2) is 6.37. The molecule has 0 radical (unpaired) electrons. The topological polar surface area (TPSA) is 36.1 Å². The normalized spacial score (nSPS) is 14.6. The van der Waals surface area contributed by atoms with Crippen molar-refractivity contribution in [2.24, 2.45) is 0 Å². The summed E-state index contributed by atoms with van der Waals surface area (Å²) >= 11 is 6.13. The first kappa shape index (κ1) is 15.9. The van der Waals surface area contributed by atoms with Gasteiger partial charge in [-0.1, -0.05) is 29.8 Å². The third-order valence-corrected chi connectivity index (χ3v) is 4.92. The summed E-state index contributed by atoms with van der Waals surface area (Å²) in [5.74, 6) is -0.314. The predicted molar refractivity (Wildman–Crippen MR) is 98.2 cm³/mol. The second-order valence-corrected chi connectivity index (χ2v) is 6.51. The number of hydrogen-bond donors (Lipinski definition) is 1. The number of fused-ring (bicyclic) bond motifs is 1. The van der Waals surface area contributed by atoms with E-state index < -0.39 is 0 Å². The van der Waals surface area contributed by atoms with Gasteiger partial charge in [0.05, 0.1) is 10.6 Å². The molecule has 0 fully saturated rings. The molecule has 2 heterocycles. The fourth-order valence-corrected chi connectivity index (χ4v) is 3.48. The summed E-state index contributed by atoms with van der Waals surface area (Å²) in [6.07, 6.45) is 4.66. The molecule has 4 rings (SSSR count). The van der Waals surface area contributed by atoms with Crippen LogP contribution >= 0.6 is 11.6 Å². The van der Waals surface area contributed by atoms with Crippen LogP contribution in [0.1, 0.15) is 22.3 Å². The standard InChI is InChI=1S/C20H16ClFN2O/c21-18-4-2-1-3-15(18)20(25)24-9-7-13(8-10-24)17-12-23-19-6-5-14(22)11-16(17)19/h1-7,11-12,23H,8-10H2. The molecule has 0 aliphatic carbocycles. The molecular weight excluding hydrogens is 339 g/mol. The Balaban J connectivity index is 1.59. The number of H-pyrrole nitrogens is 1. The summed E-state index contributed by atoms with van der Waals surface area (Å²) in [6, 6.07) is 11.8. The van der Waals surface area contributed by atoms with Gasteiger partial charge in [0.1, 0.15) is 5.82 Å². The summed E-state index contributed by atoms with van der Waals surface area (Å²) in [6.45, 7) is 1.12. The van der Waals surface area contributed by atoms with E-state index in [9.17, 15) is 9.18 Å². The molecule has 126 valence electrons. The molecule has 1 aliphatic heterocycles. The summed E-state index contributed by atoms with van der Waals surface area (Å²) in [4.78, 5) is 17.6. The van der Waals surface area contributed by atoms with Crippen LogP contribution in [0.2, 0.25) is 5.02 Å². The zero-order valence-electron chi connectivity index (χ0n) is 13.4. The number of aromatic amines is 1. The van der Waals surface area contributed by atoms with Gasteiger partial charge in [-0.15, -0.1) is 0 Å². The fraction of sp³-hybridized carbons (Fsp3) is 0.150. The summed E-state index contributed by atoms with van der Waals surface area (Å²) in [5, 5.41) is 1.34. The van der Waals surface area contributed by atoms with Gasteiger partial charge in [-0.25, -0.2) is 4.39 Å². The van der Waals surface area contributed by atoms with Crippen LogP contribution in [0.15, 0.2) is 54.7 Å². The number of nitrogens with zero attached hydrogens (tertiary/aromatic N) is 1. The lowest BCUT2D eigenvalue weighted by Gasteiger charge is -2.27. The predicted octanol–water partition coefficient (Wildman–Crippen LogP) is 4.89. The van der Waals surface area contributed by atoms with Gasteiger partial charge >= 0.3 is 0 Å². The smallest absolute Gasteiger partial charge is 0.255 e. The third kappa shape index (κ3) is 2.94. The Morgan fingerprint density at radius 1 is 1.20 bits per heavy atom. The first-order valence-electron chi connectivity index (χ1n) is 8.13. The molecule has 0 spiro atoms. The Bertz CT molecular complexity index is 992. The maximum Gasteiger partial charge on any atom is 0.255 e. The lowest BCUT2D eigenvalue weighted by molar-refractivity contribution is 0.0773. The van der Waals surface area contributed by atoms with Gasteiger partial charge in [0.2, 0.25) is 0 Å². The van der Waals surface area contributed by atoms with Crippen LogP contribution in [0.25, 0.3) is 16.5 Å². The zero-order chi connectivity index (χ0) is 17.4. The average molecular weight is 355 g/mol. The summed E-state index contributed by atoms with van der Waals surface area (Å²) < 4.78 is 13.6. The van der Waals surface area contributed by atoms with Crippen LogP contribution in [0.5, 0.6) is 0 Å². The minimum Gasteiger partial charge on any atom is -0.361 e. The number of carbonyl (C=O) groups excluding carboxylic acids is 1. The van der Waals surface area contributed by atoms with Crippen LogP contribution < -0.4 is 0 Å². The quantitative estimate of drug-likeness (QED) is 0.698. The second-order valence-electron chi connectivity index (χ2n) is 6.10. The largest absolute Gasteiger partial charge is 0.361 e. The molecule has 3 aromatic rings. The number of aromatic nitrogens is 1. The molecule has 1 aliphatic rings. The van der Waals surface area contributed by atoms with Crippen LogP contribution in [-0.2, 0) is 0 Å². The molecule has 0 atom stereocenters. The van der Waals surface area contributed by atoms with Gasteiger partial charge in [-0.2, -0.15) is 0 Å². The number of amides is 1. The average Bonchev–Trinajstić information content (AvgIpc) is 3.05. The highest BCUT2D eigenvalue weighted by Crippen LogP contribution is 2.30. The van der Waals surface area contributed by atoms with Crippen LogP contribution in [0.4, 0.5) is 4.39 Å². The van der Waals surface area contributed by atoms with Gasteiger partial charge < -0.3 is 9.88 Å². The Labute approximate surface area is 149 Å². The number of hydrogen-bond acceptors (Lipinski definition) is 1. The van der Waals surface area contributed by atoms with Gasteiger partial charge in [0.25, 0.3) is 5.91 Å². The monoisotopic (exact) mass is 354 g/mol. The van der Waals surface area contributed by atoms with E-state index in [1.54, 1.807) is 29.2 Å². The molecular formula is C20H16ClFN2O. The highest BCUT2D eigenvalue weighted by atomic mass is 35.5. The number of nitrogens with one attached hydrogen (secondary N) is 1. The molecule has 0 saturated heterocycles. The maximum absolute atomic E-state index is 13.6. The summed E-state index contributed by atoms with van der Waals surface area (Å²) in [7, 11) is 0. The minimum absolute atomic E-state index is 0.0640. The zero-order valence-corrected chi connectivity index (χ0v) is 14.2. The molecule has 0 unspecified atom stereocenters. The SMILES string of the molecule is O=C(c1ccccc1Cl)N1CC=C(c2c[nH]c3ccc(F)cc23)CC1. The molecule has 5 heteroatoms. The number of halogens is 2. The van der Waals surface area contributed by atoms with Gasteiger partial charge in [-0.05, 0) is 42.3 Å². The van der Waals surface area contributed by atoms with E-state index >= 15 is 0 Å². The van der Waals surface area contributed by atoms with Crippen LogP contribution in [0, 0.1) is 5.82 Å². The minimum atomic E-state index is -0.250. The van der Waals surface area contributed by atoms with E-state index in [1.807, 2.05) is 24.4 Å². The molecule has 1 aromatic heterocycles. The first-order valence-corrected chi connectivity index (χ1v) is 8.51. The third-order valence-electron chi connectivity index (χ3n) is 4.59. The van der Waals surface area contributed by atoms with Crippen LogP contribution in [0.3, 0.4) is 0 Å². The van der Waals surface area contributed by atoms with E-state index in [2.05, 4.69) is 4.98 Å². The highest BCUT2D eigenvalue weighted by molar-refractivity contribution is 6.33. The van der Waals surface area contributed by atoms with Crippen molar-refractivity contribution in [2.45, 2.75) is 6.42 Å². The Hall–Kier alpha value is -2.59. The van der Waals surface area contributed by atoms with E-state index in [0.29, 0.717) is 23.7 Å². The Kier molecular flexibility index (Phi) is 4.06. The van der Waals surface area contributed by atoms with E-state index in [0.717, 1.165) is 28.5 Å². The highest BCUT2D eigenvalue weighted by Gasteiger charge is 2.22. The fourth-order valence-electron chi connectivity index (χ4n) is 3.26. The van der Waals surface area contributed by atoms with Crippen molar-refractivity contribution in [1.82, 2.24) is 9.88 Å². The van der Waals surface area contributed by atoms with E-state index in [1.165, 1.54) is 6.07 Å².